The Kier molecular flexibility index (Phi) is 3.84. The summed E-state index contributed by atoms with van der Waals surface area (Å²) >= 11 is 5.67. The molecule has 0 unspecified atom stereocenters. The highest BCUT2D eigenvalue weighted by Gasteiger charge is 2.12. The number of anilines is 1. The van der Waals surface area contributed by atoms with Gasteiger partial charge in [-0.05, 0) is 36.4 Å². The molecule has 0 saturated heterocycles. The molecule has 0 bridgehead atoms. The van der Waals surface area contributed by atoms with Crippen LogP contribution in [0.5, 0.6) is 0 Å². The van der Waals surface area contributed by atoms with Crippen LogP contribution in [0.2, 0.25) is 5.02 Å². The lowest BCUT2D eigenvalue weighted by atomic mass is 10.2. The standard InChI is InChI=1S/C15H10ClFN4O/c16-10-4-5-13(14(17)6-10)15(22)20-11-2-1-3-12(7-11)21-8-18-19-9-21/h1-9H,(H,20,22). The lowest BCUT2D eigenvalue weighted by Crippen LogP contribution is -2.13. The number of carbonyl (C=O) groups excluding carboxylic acids is 1. The minimum Gasteiger partial charge on any atom is -0.322 e. The summed E-state index contributed by atoms with van der Waals surface area (Å²) in [6.45, 7) is 0. The average molecular weight is 317 g/mol. The Bertz CT molecular complexity index is 820. The van der Waals surface area contributed by atoms with Crippen molar-refractivity contribution in [2.45, 2.75) is 0 Å². The summed E-state index contributed by atoms with van der Waals surface area (Å²) in [7, 11) is 0. The molecule has 0 radical (unpaired) electrons. The SMILES string of the molecule is O=C(Nc1cccc(-n2cnnc2)c1)c1ccc(Cl)cc1F. The fraction of sp³-hybridized carbons (Fsp3) is 0. The molecule has 3 aromatic rings. The van der Waals surface area contributed by atoms with Gasteiger partial charge in [-0.25, -0.2) is 4.39 Å². The molecule has 0 aliphatic heterocycles. The topological polar surface area (TPSA) is 59.8 Å². The van der Waals surface area contributed by atoms with Crippen molar-refractivity contribution in [3.63, 3.8) is 0 Å². The maximum atomic E-state index is 13.7. The van der Waals surface area contributed by atoms with Gasteiger partial charge in [0.1, 0.15) is 18.5 Å². The first-order valence-corrected chi connectivity index (χ1v) is 6.73. The Hall–Kier alpha value is -2.73. The van der Waals surface area contributed by atoms with Crippen LogP contribution in [0.3, 0.4) is 0 Å². The van der Waals surface area contributed by atoms with Gasteiger partial charge in [-0.3, -0.25) is 9.36 Å². The molecule has 0 fully saturated rings. The van der Waals surface area contributed by atoms with Gasteiger partial charge < -0.3 is 5.32 Å². The van der Waals surface area contributed by atoms with Crippen molar-refractivity contribution in [2.24, 2.45) is 0 Å². The molecule has 2 aromatic carbocycles. The lowest BCUT2D eigenvalue weighted by Gasteiger charge is -2.08. The van der Waals surface area contributed by atoms with E-state index in [4.69, 9.17) is 11.6 Å². The van der Waals surface area contributed by atoms with Crippen molar-refractivity contribution in [3.05, 3.63) is 71.5 Å². The van der Waals surface area contributed by atoms with E-state index in [1.807, 2.05) is 6.07 Å². The Morgan fingerprint density at radius 2 is 1.91 bits per heavy atom. The predicted molar refractivity (Wildman–Crippen MR) is 80.7 cm³/mol. The number of halogens is 2. The second kappa shape index (κ2) is 5.95. The largest absolute Gasteiger partial charge is 0.322 e. The molecular weight excluding hydrogens is 307 g/mol. The third kappa shape index (κ3) is 2.96. The molecule has 0 aliphatic rings. The normalized spacial score (nSPS) is 10.5. The number of aromatic nitrogens is 3. The molecule has 1 amide bonds. The smallest absolute Gasteiger partial charge is 0.258 e. The van der Waals surface area contributed by atoms with E-state index in [1.165, 1.54) is 12.1 Å². The Morgan fingerprint density at radius 3 is 2.64 bits per heavy atom. The highest BCUT2D eigenvalue weighted by Crippen LogP contribution is 2.18. The summed E-state index contributed by atoms with van der Waals surface area (Å²) in [4.78, 5) is 12.1. The molecule has 3 rings (SSSR count). The van der Waals surface area contributed by atoms with Crippen LogP contribution in [-0.2, 0) is 0 Å². The second-order valence-electron chi connectivity index (χ2n) is 4.50. The molecule has 1 heterocycles. The van der Waals surface area contributed by atoms with Crippen LogP contribution in [0.4, 0.5) is 10.1 Å². The van der Waals surface area contributed by atoms with Gasteiger partial charge in [0.25, 0.3) is 5.91 Å². The highest BCUT2D eigenvalue weighted by atomic mass is 35.5. The zero-order chi connectivity index (χ0) is 15.5. The van der Waals surface area contributed by atoms with Crippen LogP contribution in [0, 0.1) is 5.82 Å². The molecule has 22 heavy (non-hydrogen) atoms. The van der Waals surface area contributed by atoms with Crippen LogP contribution in [0.25, 0.3) is 5.69 Å². The van der Waals surface area contributed by atoms with Gasteiger partial charge in [0.05, 0.1) is 11.3 Å². The Balaban J connectivity index is 1.84. The van der Waals surface area contributed by atoms with Crippen LogP contribution >= 0.6 is 11.6 Å². The van der Waals surface area contributed by atoms with Gasteiger partial charge in [-0.2, -0.15) is 0 Å². The summed E-state index contributed by atoms with van der Waals surface area (Å²) in [5.74, 6) is -1.21. The summed E-state index contributed by atoms with van der Waals surface area (Å²) in [6.07, 6.45) is 3.08. The van der Waals surface area contributed by atoms with Crippen molar-refractivity contribution in [1.29, 1.82) is 0 Å². The molecule has 1 aromatic heterocycles. The van der Waals surface area contributed by atoms with E-state index in [0.29, 0.717) is 5.69 Å². The van der Waals surface area contributed by atoms with Gasteiger partial charge in [-0.1, -0.05) is 17.7 Å². The number of hydrogen-bond acceptors (Lipinski definition) is 3. The maximum Gasteiger partial charge on any atom is 0.258 e. The van der Waals surface area contributed by atoms with Gasteiger partial charge in [0, 0.05) is 10.7 Å². The fourth-order valence-corrected chi connectivity index (χ4v) is 2.11. The van der Waals surface area contributed by atoms with Crippen molar-refractivity contribution in [1.82, 2.24) is 14.8 Å². The first-order chi connectivity index (χ1) is 10.6. The average Bonchev–Trinajstić information content (AvgIpc) is 3.01. The van der Waals surface area contributed by atoms with Gasteiger partial charge >= 0.3 is 0 Å². The van der Waals surface area contributed by atoms with E-state index >= 15 is 0 Å². The fourth-order valence-electron chi connectivity index (χ4n) is 1.95. The Labute approximate surface area is 130 Å². The number of nitrogens with zero attached hydrogens (tertiary/aromatic N) is 3. The molecule has 0 saturated carbocycles. The van der Waals surface area contributed by atoms with E-state index in [-0.39, 0.29) is 10.6 Å². The van der Waals surface area contributed by atoms with Gasteiger partial charge in [0.2, 0.25) is 0 Å². The minimum absolute atomic E-state index is 0.0703. The number of carbonyl (C=O) groups is 1. The Morgan fingerprint density at radius 1 is 1.14 bits per heavy atom. The first-order valence-electron chi connectivity index (χ1n) is 6.35. The predicted octanol–water partition coefficient (Wildman–Crippen LogP) is 3.31. The van der Waals surface area contributed by atoms with Crippen molar-refractivity contribution in [2.75, 3.05) is 5.32 Å². The highest BCUT2D eigenvalue weighted by molar-refractivity contribution is 6.30. The van der Waals surface area contributed by atoms with Gasteiger partial charge in [-0.15, -0.1) is 10.2 Å². The van der Waals surface area contributed by atoms with Crippen LogP contribution in [0.1, 0.15) is 10.4 Å². The molecule has 0 atom stereocenters. The number of benzene rings is 2. The number of hydrogen-bond donors (Lipinski definition) is 1. The summed E-state index contributed by atoms with van der Waals surface area (Å²) in [5.41, 5.74) is 1.24. The number of amides is 1. The molecule has 5 nitrogen and oxygen atoms in total. The van der Waals surface area contributed by atoms with Crippen LogP contribution in [0.15, 0.2) is 55.1 Å². The summed E-state index contributed by atoms with van der Waals surface area (Å²) < 4.78 is 15.4. The van der Waals surface area contributed by atoms with Crippen LogP contribution < -0.4 is 5.32 Å². The molecule has 1 N–H and O–H groups in total. The summed E-state index contributed by atoms with van der Waals surface area (Å²) in [5, 5.41) is 10.3. The number of nitrogens with one attached hydrogen (secondary N) is 1. The second-order valence-corrected chi connectivity index (χ2v) is 4.93. The zero-order valence-electron chi connectivity index (χ0n) is 11.2. The van der Waals surface area contributed by atoms with Crippen molar-refractivity contribution in [3.8, 4) is 5.69 Å². The molecule has 110 valence electrons. The maximum absolute atomic E-state index is 13.7. The lowest BCUT2D eigenvalue weighted by molar-refractivity contribution is 0.102. The molecular formula is C15H10ClFN4O. The molecule has 7 heteroatoms. The van der Waals surface area contributed by atoms with Crippen molar-refractivity contribution < 1.29 is 9.18 Å². The third-order valence-electron chi connectivity index (χ3n) is 3.00. The monoisotopic (exact) mass is 316 g/mol. The van der Waals surface area contributed by atoms with E-state index in [1.54, 1.807) is 35.4 Å². The van der Waals surface area contributed by atoms with Crippen molar-refractivity contribution >= 4 is 23.2 Å². The van der Waals surface area contributed by atoms with Gasteiger partial charge in [0.15, 0.2) is 0 Å². The zero-order valence-corrected chi connectivity index (χ0v) is 12.0. The van der Waals surface area contributed by atoms with E-state index in [2.05, 4.69) is 15.5 Å². The first kappa shape index (κ1) is 14.2. The van der Waals surface area contributed by atoms with E-state index in [0.717, 1.165) is 11.8 Å². The third-order valence-corrected chi connectivity index (χ3v) is 3.23. The van der Waals surface area contributed by atoms with Crippen LogP contribution in [-0.4, -0.2) is 20.7 Å². The van der Waals surface area contributed by atoms with E-state index in [9.17, 15) is 9.18 Å². The molecule has 0 aliphatic carbocycles. The minimum atomic E-state index is -0.667. The quantitative estimate of drug-likeness (QED) is 0.806. The summed E-state index contributed by atoms with van der Waals surface area (Å²) in [6, 6.07) is 11.0. The number of rotatable bonds is 3. The van der Waals surface area contributed by atoms with E-state index < -0.39 is 11.7 Å². The molecule has 0 spiro atoms.